The first-order valence-corrected chi connectivity index (χ1v) is 9.20. The van der Waals surface area contributed by atoms with E-state index in [1.165, 1.54) is 0 Å². The van der Waals surface area contributed by atoms with Crippen LogP contribution in [0, 0.1) is 0 Å². The number of anilines is 2. The lowest BCUT2D eigenvalue weighted by Gasteiger charge is -2.36. The molecular formula is C21H18N4O3. The number of amides is 1. The molecule has 7 nitrogen and oxygen atoms in total. The molecule has 0 N–H and O–H groups in total. The second-order valence-electron chi connectivity index (χ2n) is 7.03. The summed E-state index contributed by atoms with van der Waals surface area (Å²) in [6.07, 6.45) is -0.490. The van der Waals surface area contributed by atoms with Crippen molar-refractivity contribution in [2.24, 2.45) is 0 Å². The van der Waals surface area contributed by atoms with E-state index in [-0.39, 0.29) is 5.91 Å². The minimum Gasteiger partial charge on any atom is -0.448 e. The lowest BCUT2D eigenvalue weighted by atomic mass is 9.98. The van der Waals surface area contributed by atoms with Crippen molar-refractivity contribution >= 4 is 34.5 Å². The first-order chi connectivity index (χ1) is 13.6. The van der Waals surface area contributed by atoms with E-state index in [0.29, 0.717) is 36.7 Å². The number of fused-ring (bicyclic) bond motifs is 3. The molecule has 0 saturated heterocycles. The van der Waals surface area contributed by atoms with Crippen molar-refractivity contribution in [2.45, 2.75) is 12.5 Å². The van der Waals surface area contributed by atoms with Gasteiger partial charge in [-0.15, -0.1) is 0 Å². The van der Waals surface area contributed by atoms with Crippen LogP contribution in [0.3, 0.4) is 0 Å². The van der Waals surface area contributed by atoms with E-state index in [4.69, 9.17) is 4.74 Å². The summed E-state index contributed by atoms with van der Waals surface area (Å²) in [4.78, 5) is 38.6. The molecule has 1 unspecified atom stereocenters. The zero-order valence-electron chi connectivity index (χ0n) is 15.3. The number of cyclic esters (lactones) is 1. The van der Waals surface area contributed by atoms with E-state index < -0.39 is 12.1 Å². The summed E-state index contributed by atoms with van der Waals surface area (Å²) in [6, 6.07) is 14.8. The quantitative estimate of drug-likeness (QED) is 0.608. The molecule has 0 aliphatic carbocycles. The number of likely N-dealkylation sites (N-methyl/N-ethyl adjacent to an activating group) is 1. The molecule has 5 rings (SSSR count). The number of aromatic nitrogens is 2. The van der Waals surface area contributed by atoms with E-state index in [1.807, 2.05) is 48.3 Å². The molecule has 2 aromatic carbocycles. The maximum atomic E-state index is 13.3. The van der Waals surface area contributed by atoms with Crippen molar-refractivity contribution in [3.63, 3.8) is 0 Å². The van der Waals surface area contributed by atoms with Gasteiger partial charge in [0.1, 0.15) is 0 Å². The Balaban J connectivity index is 1.52. The van der Waals surface area contributed by atoms with Gasteiger partial charge in [-0.1, -0.05) is 30.3 Å². The highest BCUT2D eigenvalue weighted by Gasteiger charge is 2.37. The van der Waals surface area contributed by atoms with E-state index >= 15 is 0 Å². The number of carbonyl (C=O) groups excluding carboxylic acids is 2. The number of hydrogen-bond acceptors (Lipinski definition) is 6. The molecule has 0 fully saturated rings. The second kappa shape index (κ2) is 6.30. The molecule has 1 amide bonds. The summed E-state index contributed by atoms with van der Waals surface area (Å²) >= 11 is 0. The van der Waals surface area contributed by atoms with Crippen LogP contribution in [0.2, 0.25) is 0 Å². The first-order valence-electron chi connectivity index (χ1n) is 9.20. The summed E-state index contributed by atoms with van der Waals surface area (Å²) in [6.45, 7) is 1.09. The molecule has 0 saturated carbocycles. The van der Waals surface area contributed by atoms with E-state index in [1.54, 1.807) is 17.0 Å². The molecule has 2 aliphatic rings. The Hall–Kier alpha value is -3.48. The molecule has 0 bridgehead atoms. The highest BCUT2D eigenvalue weighted by Crippen LogP contribution is 2.32. The predicted molar refractivity (Wildman–Crippen MR) is 105 cm³/mol. The smallest absolute Gasteiger partial charge is 0.339 e. The van der Waals surface area contributed by atoms with Gasteiger partial charge in [0, 0.05) is 26.6 Å². The molecule has 3 aromatic rings. The van der Waals surface area contributed by atoms with Crippen LogP contribution < -0.4 is 9.80 Å². The Morgan fingerprint density at radius 3 is 2.46 bits per heavy atom. The maximum Gasteiger partial charge on any atom is 0.339 e. The highest BCUT2D eigenvalue weighted by molar-refractivity contribution is 6.03. The van der Waals surface area contributed by atoms with Gasteiger partial charge in [0.25, 0.3) is 5.91 Å². The van der Waals surface area contributed by atoms with Gasteiger partial charge >= 0.3 is 5.97 Å². The van der Waals surface area contributed by atoms with Crippen molar-refractivity contribution in [3.05, 3.63) is 59.7 Å². The molecule has 3 heterocycles. The van der Waals surface area contributed by atoms with Gasteiger partial charge in [-0.3, -0.25) is 9.69 Å². The van der Waals surface area contributed by atoms with E-state index in [2.05, 4.69) is 9.97 Å². The lowest BCUT2D eigenvalue weighted by Crippen LogP contribution is -2.50. The SMILES string of the molecule is CN1CCN(C(=O)C2Cc3ccccc3C(=O)O2)c2nc3ccccc3nc21. The van der Waals surface area contributed by atoms with E-state index in [9.17, 15) is 9.59 Å². The van der Waals surface area contributed by atoms with Gasteiger partial charge in [-0.05, 0) is 23.8 Å². The standard InChI is InChI=1S/C21H18N4O3/c1-24-10-11-25(19-18(24)22-15-8-4-5-9-16(15)23-19)20(26)17-12-13-6-2-3-7-14(13)21(27)28-17/h2-9,17H,10-12H2,1H3. The van der Waals surface area contributed by atoms with Crippen LogP contribution in [0.5, 0.6) is 0 Å². The summed E-state index contributed by atoms with van der Waals surface area (Å²) in [5.74, 6) is 0.439. The van der Waals surface area contributed by atoms with Crippen molar-refractivity contribution in [2.75, 3.05) is 29.9 Å². The average molecular weight is 374 g/mol. The molecule has 0 spiro atoms. The summed E-state index contributed by atoms with van der Waals surface area (Å²) < 4.78 is 5.47. The van der Waals surface area contributed by atoms with Gasteiger partial charge in [0.05, 0.1) is 16.6 Å². The third kappa shape index (κ3) is 2.58. The summed E-state index contributed by atoms with van der Waals surface area (Å²) in [7, 11) is 1.93. The first kappa shape index (κ1) is 16.7. The topological polar surface area (TPSA) is 75.6 Å². The minimum absolute atomic E-state index is 0.262. The Morgan fingerprint density at radius 1 is 1.00 bits per heavy atom. The fraction of sp³-hybridized carbons (Fsp3) is 0.238. The van der Waals surface area contributed by atoms with Crippen molar-refractivity contribution in [1.29, 1.82) is 0 Å². The summed E-state index contributed by atoms with van der Waals surface area (Å²) in [5.41, 5.74) is 2.85. The number of rotatable bonds is 1. The van der Waals surface area contributed by atoms with Crippen LogP contribution in [0.25, 0.3) is 11.0 Å². The maximum absolute atomic E-state index is 13.3. The van der Waals surface area contributed by atoms with Crippen molar-refractivity contribution in [3.8, 4) is 0 Å². The fourth-order valence-corrected chi connectivity index (χ4v) is 3.74. The average Bonchev–Trinajstić information content (AvgIpc) is 2.72. The number of carbonyl (C=O) groups is 2. The molecule has 2 aliphatic heterocycles. The molecule has 7 heteroatoms. The van der Waals surface area contributed by atoms with Crippen LogP contribution in [0.1, 0.15) is 15.9 Å². The largest absolute Gasteiger partial charge is 0.448 e. The number of nitrogens with zero attached hydrogens (tertiary/aromatic N) is 4. The lowest BCUT2D eigenvalue weighted by molar-refractivity contribution is -0.127. The molecule has 1 aromatic heterocycles. The Morgan fingerprint density at radius 2 is 1.68 bits per heavy atom. The Kier molecular flexibility index (Phi) is 3.75. The zero-order valence-corrected chi connectivity index (χ0v) is 15.3. The van der Waals surface area contributed by atoms with Crippen LogP contribution >= 0.6 is 0 Å². The minimum atomic E-state index is -0.855. The number of esters is 1. The third-order valence-corrected chi connectivity index (χ3v) is 5.24. The monoisotopic (exact) mass is 374 g/mol. The highest BCUT2D eigenvalue weighted by atomic mass is 16.5. The number of ether oxygens (including phenoxy) is 1. The zero-order chi connectivity index (χ0) is 19.3. The van der Waals surface area contributed by atoms with Crippen LogP contribution in [0.15, 0.2) is 48.5 Å². The fourth-order valence-electron chi connectivity index (χ4n) is 3.74. The van der Waals surface area contributed by atoms with Gasteiger partial charge in [0.15, 0.2) is 17.7 Å². The third-order valence-electron chi connectivity index (χ3n) is 5.24. The van der Waals surface area contributed by atoms with Gasteiger partial charge in [-0.2, -0.15) is 0 Å². The number of hydrogen-bond donors (Lipinski definition) is 0. The van der Waals surface area contributed by atoms with Gasteiger partial charge in [-0.25, -0.2) is 14.8 Å². The molecule has 0 radical (unpaired) electrons. The van der Waals surface area contributed by atoms with Crippen LogP contribution in [-0.4, -0.2) is 48.1 Å². The molecule has 28 heavy (non-hydrogen) atoms. The Bertz CT molecular complexity index is 1110. The van der Waals surface area contributed by atoms with Crippen LogP contribution in [-0.2, 0) is 16.0 Å². The van der Waals surface area contributed by atoms with Gasteiger partial charge in [0.2, 0.25) is 0 Å². The Labute approximate surface area is 161 Å². The number of benzene rings is 2. The van der Waals surface area contributed by atoms with E-state index in [0.717, 1.165) is 16.6 Å². The van der Waals surface area contributed by atoms with Crippen molar-refractivity contribution in [1.82, 2.24) is 9.97 Å². The van der Waals surface area contributed by atoms with Crippen LogP contribution in [0.4, 0.5) is 11.6 Å². The molecule has 140 valence electrons. The number of para-hydroxylation sites is 2. The summed E-state index contributed by atoms with van der Waals surface area (Å²) in [5, 5.41) is 0. The molecular weight excluding hydrogens is 356 g/mol. The second-order valence-corrected chi connectivity index (χ2v) is 7.03. The normalized spacial score (nSPS) is 18.5. The molecule has 1 atom stereocenters. The predicted octanol–water partition coefficient (Wildman–Crippen LogP) is 2.19. The van der Waals surface area contributed by atoms with Gasteiger partial charge < -0.3 is 9.64 Å². The van der Waals surface area contributed by atoms with Crippen molar-refractivity contribution < 1.29 is 14.3 Å².